The van der Waals surface area contributed by atoms with Crippen molar-refractivity contribution in [2.24, 2.45) is 0 Å². The zero-order valence-corrected chi connectivity index (χ0v) is 10.1. The van der Waals surface area contributed by atoms with E-state index in [4.69, 9.17) is 9.90 Å². The van der Waals surface area contributed by atoms with Gasteiger partial charge < -0.3 is 15.5 Å². The van der Waals surface area contributed by atoms with Gasteiger partial charge in [0.1, 0.15) is 0 Å². The van der Waals surface area contributed by atoms with Gasteiger partial charge in [-0.2, -0.15) is 0 Å². The van der Waals surface area contributed by atoms with Gasteiger partial charge in [0.25, 0.3) is 5.97 Å². The molecule has 0 saturated carbocycles. The molecule has 16 heavy (non-hydrogen) atoms. The molecule has 0 radical (unpaired) electrons. The molecular weight excluding hydrogens is 206 g/mol. The van der Waals surface area contributed by atoms with E-state index in [1.165, 1.54) is 5.56 Å². The first-order valence-corrected chi connectivity index (χ1v) is 4.90. The molecule has 0 amide bonds. The number of rotatable bonds is 3. The monoisotopic (exact) mass is 227 g/mol. The molecule has 0 fully saturated rings. The van der Waals surface area contributed by atoms with E-state index in [1.807, 2.05) is 0 Å². The molecule has 0 bridgehead atoms. The van der Waals surface area contributed by atoms with Crippen molar-refractivity contribution < 1.29 is 15.4 Å². The number of carbonyl (C=O) groups is 1. The molecule has 0 saturated heterocycles. The highest BCUT2D eigenvalue weighted by Gasteiger charge is 1.91. The Balaban J connectivity index is 0. The maximum Gasteiger partial charge on any atom is 0.300 e. The van der Waals surface area contributed by atoms with Gasteiger partial charge in [0.05, 0.1) is 0 Å². The van der Waals surface area contributed by atoms with Crippen LogP contribution in [0.5, 0.6) is 0 Å². The van der Waals surface area contributed by atoms with Gasteiger partial charge in [0.2, 0.25) is 0 Å². The number of likely N-dealkylation sites (N-methyl/N-ethyl adjacent to an activating group) is 1. The molecule has 4 heteroatoms. The van der Waals surface area contributed by atoms with E-state index in [0.29, 0.717) is 0 Å². The lowest BCUT2D eigenvalue weighted by molar-refractivity contribution is -0.134. The lowest BCUT2D eigenvalue weighted by Gasteiger charge is -2.08. The van der Waals surface area contributed by atoms with Crippen molar-refractivity contribution in [1.29, 1.82) is 0 Å². The van der Waals surface area contributed by atoms with Crippen molar-refractivity contribution in [3.8, 4) is 0 Å². The summed E-state index contributed by atoms with van der Waals surface area (Å²) in [6.45, 7) is 2.21. The molecule has 0 spiro atoms. The number of nitrogens with zero attached hydrogens (tertiary/aromatic N) is 1. The van der Waals surface area contributed by atoms with E-state index >= 15 is 0 Å². The fourth-order valence-electron chi connectivity index (χ4n) is 0.997. The maximum absolute atomic E-state index is 9.00. The van der Waals surface area contributed by atoms with E-state index in [1.54, 1.807) is 0 Å². The summed E-state index contributed by atoms with van der Waals surface area (Å²) in [6.07, 6.45) is 1.15. The van der Waals surface area contributed by atoms with Crippen molar-refractivity contribution >= 4 is 5.97 Å². The molecule has 1 aromatic rings. The highest BCUT2D eigenvalue weighted by atomic mass is 16.4. The van der Waals surface area contributed by atoms with Crippen molar-refractivity contribution in [2.75, 3.05) is 20.6 Å². The quantitative estimate of drug-likeness (QED) is 0.839. The molecule has 1 rings (SSSR count). The van der Waals surface area contributed by atoms with Gasteiger partial charge >= 0.3 is 0 Å². The topological polar surface area (TPSA) is 72.0 Å². The number of carboxylic acid groups (broad SMARTS) is 1. The van der Waals surface area contributed by atoms with E-state index in [0.717, 1.165) is 19.9 Å². The number of carboxylic acids is 1. The normalized spacial score (nSPS) is 8.75. The second-order valence-corrected chi connectivity index (χ2v) is 3.56. The Kier molecular flexibility index (Phi) is 10.8. The number of hydrogen-bond donors (Lipinski definition) is 1. The van der Waals surface area contributed by atoms with Crippen LogP contribution < -0.4 is 0 Å². The van der Waals surface area contributed by atoms with Crippen LogP contribution in [0, 0.1) is 0 Å². The zero-order valence-electron chi connectivity index (χ0n) is 10.1. The van der Waals surface area contributed by atoms with Gasteiger partial charge in [-0.3, -0.25) is 4.79 Å². The predicted molar refractivity (Wildman–Crippen MR) is 65.6 cm³/mol. The van der Waals surface area contributed by atoms with Crippen LogP contribution in [-0.2, 0) is 11.2 Å². The maximum atomic E-state index is 9.00. The third-order valence-corrected chi connectivity index (χ3v) is 1.69. The van der Waals surface area contributed by atoms with Gasteiger partial charge in [-0.15, -0.1) is 0 Å². The van der Waals surface area contributed by atoms with Crippen LogP contribution >= 0.6 is 0 Å². The van der Waals surface area contributed by atoms with Crippen LogP contribution in [0.3, 0.4) is 0 Å². The van der Waals surface area contributed by atoms with Crippen molar-refractivity contribution in [1.82, 2.24) is 4.90 Å². The minimum Gasteiger partial charge on any atom is -0.481 e. The summed E-state index contributed by atoms with van der Waals surface area (Å²) < 4.78 is 0. The summed E-state index contributed by atoms with van der Waals surface area (Å²) in [7, 11) is 4.20. The van der Waals surface area contributed by atoms with Gasteiger partial charge in [-0.05, 0) is 26.1 Å². The summed E-state index contributed by atoms with van der Waals surface area (Å²) in [4.78, 5) is 11.2. The first-order chi connectivity index (χ1) is 7.02. The molecular formula is C12H21NO3. The Hall–Kier alpha value is -1.39. The Morgan fingerprint density at radius 1 is 1.25 bits per heavy atom. The van der Waals surface area contributed by atoms with Crippen LogP contribution in [0.15, 0.2) is 30.3 Å². The highest BCUT2D eigenvalue weighted by Crippen LogP contribution is 1.99. The number of aliphatic carboxylic acids is 1. The van der Waals surface area contributed by atoms with Crippen LogP contribution in [-0.4, -0.2) is 42.1 Å². The summed E-state index contributed by atoms with van der Waals surface area (Å²) in [5.74, 6) is -0.833. The Labute approximate surface area is 96.8 Å². The minimum absolute atomic E-state index is 0. The third kappa shape index (κ3) is 12.6. The number of hydrogen-bond acceptors (Lipinski definition) is 2. The smallest absolute Gasteiger partial charge is 0.300 e. The van der Waals surface area contributed by atoms with Gasteiger partial charge in [0, 0.05) is 13.5 Å². The van der Waals surface area contributed by atoms with E-state index in [9.17, 15) is 0 Å². The fourth-order valence-corrected chi connectivity index (χ4v) is 0.997. The standard InChI is InChI=1S/C10H15N.C2H4O2.H2O/c1-11(2)9-8-10-6-4-3-5-7-10;1-2(3)4;/h3-7H,8-9H2,1-2H3;1H3,(H,3,4);1H2. The third-order valence-electron chi connectivity index (χ3n) is 1.69. The predicted octanol–water partition coefficient (Wildman–Crippen LogP) is 1.06. The van der Waals surface area contributed by atoms with E-state index in [-0.39, 0.29) is 5.48 Å². The molecule has 3 N–H and O–H groups in total. The number of benzene rings is 1. The molecule has 0 aromatic heterocycles. The molecule has 92 valence electrons. The second kappa shape index (κ2) is 10.1. The second-order valence-electron chi connectivity index (χ2n) is 3.56. The zero-order chi connectivity index (χ0) is 11.7. The molecule has 0 atom stereocenters. The van der Waals surface area contributed by atoms with Gasteiger partial charge in [-0.25, -0.2) is 0 Å². The Morgan fingerprint density at radius 2 is 1.69 bits per heavy atom. The SMILES string of the molecule is CC(=O)O.CN(C)CCc1ccccc1.O. The summed E-state index contributed by atoms with van der Waals surface area (Å²) in [6, 6.07) is 10.6. The van der Waals surface area contributed by atoms with Crippen molar-refractivity contribution in [3.05, 3.63) is 35.9 Å². The van der Waals surface area contributed by atoms with E-state index < -0.39 is 5.97 Å². The molecule has 0 aliphatic rings. The average molecular weight is 227 g/mol. The van der Waals surface area contributed by atoms with Crippen molar-refractivity contribution in [3.63, 3.8) is 0 Å². The van der Waals surface area contributed by atoms with E-state index in [2.05, 4.69) is 49.3 Å². The highest BCUT2D eigenvalue weighted by molar-refractivity contribution is 5.62. The molecule has 1 aromatic carbocycles. The summed E-state index contributed by atoms with van der Waals surface area (Å²) in [5.41, 5.74) is 1.42. The molecule has 4 nitrogen and oxygen atoms in total. The van der Waals surface area contributed by atoms with Crippen LogP contribution in [0.4, 0.5) is 0 Å². The molecule has 0 aliphatic carbocycles. The average Bonchev–Trinajstić information content (AvgIpc) is 2.15. The van der Waals surface area contributed by atoms with Gasteiger partial charge in [0.15, 0.2) is 0 Å². The van der Waals surface area contributed by atoms with Crippen LogP contribution in [0.2, 0.25) is 0 Å². The summed E-state index contributed by atoms with van der Waals surface area (Å²) in [5, 5.41) is 7.42. The fraction of sp³-hybridized carbons (Fsp3) is 0.417. The van der Waals surface area contributed by atoms with Gasteiger partial charge in [-0.1, -0.05) is 30.3 Å². The van der Waals surface area contributed by atoms with Crippen LogP contribution in [0.1, 0.15) is 12.5 Å². The van der Waals surface area contributed by atoms with Crippen molar-refractivity contribution in [2.45, 2.75) is 13.3 Å². The minimum atomic E-state index is -0.833. The summed E-state index contributed by atoms with van der Waals surface area (Å²) >= 11 is 0. The lowest BCUT2D eigenvalue weighted by Crippen LogP contribution is -2.14. The molecule has 0 unspecified atom stereocenters. The lowest BCUT2D eigenvalue weighted by atomic mass is 10.1. The first kappa shape index (κ1) is 17.0. The Bertz CT molecular complexity index is 269. The Morgan fingerprint density at radius 3 is 2.06 bits per heavy atom. The first-order valence-electron chi connectivity index (χ1n) is 4.90. The largest absolute Gasteiger partial charge is 0.481 e. The molecule has 0 aliphatic heterocycles. The molecule has 0 heterocycles. The van der Waals surface area contributed by atoms with Crippen LogP contribution in [0.25, 0.3) is 0 Å².